The predicted molar refractivity (Wildman–Crippen MR) is 59.7 cm³/mol. The largest absolute Gasteiger partial charge is 0.481 e. The van der Waals surface area contributed by atoms with E-state index in [0.717, 1.165) is 0 Å². The van der Waals surface area contributed by atoms with Gasteiger partial charge >= 0.3 is 12.0 Å². The highest BCUT2D eigenvalue weighted by atomic mass is 32.2. The molecule has 2 amide bonds. The van der Waals surface area contributed by atoms with Crippen molar-refractivity contribution in [1.82, 2.24) is 10.2 Å². The zero-order chi connectivity index (χ0) is 12.1. The summed E-state index contributed by atoms with van der Waals surface area (Å²) in [4.78, 5) is 23.2. The lowest BCUT2D eigenvalue weighted by Crippen LogP contribution is -2.33. The number of carbonyl (C=O) groups excluding carboxylic acids is 1. The number of amides is 2. The van der Waals surface area contributed by atoms with E-state index >= 15 is 0 Å². The van der Waals surface area contributed by atoms with E-state index in [4.69, 9.17) is 5.11 Å². The maximum atomic E-state index is 11.6. The molecule has 7 heteroatoms. The molecule has 1 rings (SSSR count). The quantitative estimate of drug-likeness (QED) is 0.671. The first-order valence-electron chi connectivity index (χ1n) is 5.12. The Labute approximate surface area is 96.5 Å². The van der Waals surface area contributed by atoms with E-state index < -0.39 is 16.8 Å². The maximum absolute atomic E-state index is 11.6. The van der Waals surface area contributed by atoms with Crippen LogP contribution in [0.4, 0.5) is 4.79 Å². The zero-order valence-corrected chi connectivity index (χ0v) is 9.96. The van der Waals surface area contributed by atoms with Crippen LogP contribution in [0.1, 0.15) is 13.3 Å². The highest BCUT2D eigenvalue weighted by Gasteiger charge is 2.21. The molecule has 0 aliphatic carbocycles. The second kappa shape index (κ2) is 5.83. The number of carboxylic acid groups (broad SMARTS) is 1. The number of nitrogens with one attached hydrogen (secondary N) is 1. The van der Waals surface area contributed by atoms with Crippen LogP contribution in [0.15, 0.2) is 0 Å². The van der Waals surface area contributed by atoms with Gasteiger partial charge in [-0.15, -0.1) is 0 Å². The zero-order valence-electron chi connectivity index (χ0n) is 9.14. The highest BCUT2D eigenvalue weighted by molar-refractivity contribution is 7.85. The lowest BCUT2D eigenvalue weighted by atomic mass is 10.3. The Kier molecular flexibility index (Phi) is 4.72. The molecule has 1 saturated heterocycles. The molecule has 1 fully saturated rings. The Balaban J connectivity index is 2.29. The first-order chi connectivity index (χ1) is 7.50. The second-order valence-electron chi connectivity index (χ2n) is 3.71. The number of hydrogen-bond donors (Lipinski definition) is 2. The van der Waals surface area contributed by atoms with Gasteiger partial charge in [0, 0.05) is 41.4 Å². The van der Waals surface area contributed by atoms with Crippen LogP contribution >= 0.6 is 0 Å². The van der Waals surface area contributed by atoms with Crippen molar-refractivity contribution in [2.45, 2.75) is 18.6 Å². The van der Waals surface area contributed by atoms with Gasteiger partial charge in [0.05, 0.1) is 6.42 Å². The fourth-order valence-corrected chi connectivity index (χ4v) is 2.60. The minimum Gasteiger partial charge on any atom is -0.481 e. The Bertz CT molecular complexity index is 308. The van der Waals surface area contributed by atoms with Crippen molar-refractivity contribution in [3.63, 3.8) is 0 Å². The summed E-state index contributed by atoms with van der Waals surface area (Å²) in [5, 5.41) is 10.8. The summed E-state index contributed by atoms with van der Waals surface area (Å²) in [6.07, 6.45) is -0.0984. The van der Waals surface area contributed by atoms with Crippen molar-refractivity contribution in [2.75, 3.05) is 25.4 Å². The molecule has 2 unspecified atom stereocenters. The average molecular weight is 248 g/mol. The molecule has 1 heterocycles. The van der Waals surface area contributed by atoms with Gasteiger partial charge in [-0.25, -0.2) is 4.79 Å². The van der Waals surface area contributed by atoms with Crippen molar-refractivity contribution >= 4 is 22.8 Å². The molecule has 0 bridgehead atoms. The summed E-state index contributed by atoms with van der Waals surface area (Å²) in [6, 6.07) is -0.136. The van der Waals surface area contributed by atoms with Gasteiger partial charge in [0.15, 0.2) is 0 Å². The topological polar surface area (TPSA) is 86.7 Å². The standard InChI is InChI=1S/C9H16N2O4S/c1-7(6-8(12)13)16(15)5-4-11-3-2-10-9(11)14/h7H,2-6H2,1H3,(H,10,14)(H,12,13). The van der Waals surface area contributed by atoms with Crippen LogP contribution in [0.3, 0.4) is 0 Å². The van der Waals surface area contributed by atoms with Crippen LogP contribution in [0.2, 0.25) is 0 Å². The molecule has 0 spiro atoms. The minimum atomic E-state index is -1.20. The van der Waals surface area contributed by atoms with E-state index in [-0.39, 0.29) is 17.7 Å². The van der Waals surface area contributed by atoms with Gasteiger partial charge in [0.1, 0.15) is 0 Å². The van der Waals surface area contributed by atoms with Gasteiger partial charge in [0.2, 0.25) is 0 Å². The molecule has 16 heavy (non-hydrogen) atoms. The van der Waals surface area contributed by atoms with E-state index in [2.05, 4.69) is 5.32 Å². The van der Waals surface area contributed by atoms with Crippen molar-refractivity contribution in [3.8, 4) is 0 Å². The molecule has 0 aromatic heterocycles. The van der Waals surface area contributed by atoms with Crippen molar-refractivity contribution in [1.29, 1.82) is 0 Å². The summed E-state index contributed by atoms with van der Waals surface area (Å²) >= 11 is 0. The number of rotatable bonds is 6. The molecule has 92 valence electrons. The van der Waals surface area contributed by atoms with Gasteiger partial charge in [-0.3, -0.25) is 9.00 Å². The molecule has 6 nitrogen and oxygen atoms in total. The number of urea groups is 1. The lowest BCUT2D eigenvalue weighted by molar-refractivity contribution is -0.136. The molecule has 2 atom stereocenters. The number of carboxylic acids is 1. The van der Waals surface area contributed by atoms with Crippen LogP contribution in [-0.4, -0.2) is 56.9 Å². The third-order valence-corrected chi connectivity index (χ3v) is 4.07. The number of hydrogen-bond acceptors (Lipinski definition) is 3. The van der Waals surface area contributed by atoms with Crippen molar-refractivity contribution in [2.24, 2.45) is 0 Å². The van der Waals surface area contributed by atoms with Gasteiger partial charge in [-0.1, -0.05) is 6.92 Å². The van der Waals surface area contributed by atoms with E-state index in [1.807, 2.05) is 0 Å². The van der Waals surface area contributed by atoms with Crippen LogP contribution in [0.5, 0.6) is 0 Å². The second-order valence-corrected chi connectivity index (χ2v) is 5.69. The Hall–Kier alpha value is -1.11. The van der Waals surface area contributed by atoms with E-state index in [1.54, 1.807) is 11.8 Å². The molecule has 0 aromatic carbocycles. The Morgan fingerprint density at radius 3 is 2.88 bits per heavy atom. The monoisotopic (exact) mass is 248 g/mol. The molecular formula is C9H16N2O4S. The minimum absolute atomic E-state index is 0.0984. The van der Waals surface area contributed by atoms with Crippen LogP contribution in [0.25, 0.3) is 0 Å². The summed E-state index contributed by atoms with van der Waals surface area (Å²) < 4.78 is 11.6. The SMILES string of the molecule is CC(CC(=O)O)S(=O)CCN1CCNC1=O. The molecule has 0 radical (unpaired) electrons. The fourth-order valence-electron chi connectivity index (χ4n) is 1.46. The summed E-state index contributed by atoms with van der Waals surface area (Å²) in [5.41, 5.74) is 0. The number of aliphatic carboxylic acids is 1. The van der Waals surface area contributed by atoms with Crippen LogP contribution in [0, 0.1) is 0 Å². The van der Waals surface area contributed by atoms with Gasteiger partial charge in [-0.05, 0) is 0 Å². The van der Waals surface area contributed by atoms with Gasteiger partial charge < -0.3 is 15.3 Å². The van der Waals surface area contributed by atoms with E-state index in [9.17, 15) is 13.8 Å². The van der Waals surface area contributed by atoms with Crippen LogP contribution < -0.4 is 5.32 Å². The van der Waals surface area contributed by atoms with Crippen molar-refractivity contribution < 1.29 is 18.9 Å². The normalized spacial score (nSPS) is 19.3. The fraction of sp³-hybridized carbons (Fsp3) is 0.778. The van der Waals surface area contributed by atoms with Gasteiger partial charge in [-0.2, -0.15) is 0 Å². The summed E-state index contributed by atoms with van der Waals surface area (Å²) in [6.45, 7) is 3.32. The third-order valence-electron chi connectivity index (χ3n) is 2.42. The Morgan fingerprint density at radius 1 is 1.69 bits per heavy atom. The predicted octanol–water partition coefficient (Wildman–Crippen LogP) is -0.376. The first kappa shape index (κ1) is 13.0. The molecular weight excluding hydrogens is 232 g/mol. The molecule has 1 aliphatic heterocycles. The van der Waals surface area contributed by atoms with Gasteiger partial charge in [0.25, 0.3) is 0 Å². The molecule has 1 aliphatic rings. The lowest BCUT2D eigenvalue weighted by Gasteiger charge is -2.15. The molecule has 2 N–H and O–H groups in total. The van der Waals surface area contributed by atoms with E-state index in [1.165, 1.54) is 0 Å². The maximum Gasteiger partial charge on any atom is 0.317 e. The highest BCUT2D eigenvalue weighted by Crippen LogP contribution is 2.04. The van der Waals surface area contributed by atoms with Crippen LogP contribution in [-0.2, 0) is 15.6 Å². The Morgan fingerprint density at radius 2 is 2.38 bits per heavy atom. The molecule has 0 aromatic rings. The third kappa shape index (κ3) is 3.80. The number of carbonyl (C=O) groups is 2. The summed E-state index contributed by atoms with van der Waals surface area (Å²) in [5.74, 6) is -0.609. The smallest absolute Gasteiger partial charge is 0.317 e. The summed E-state index contributed by atoms with van der Waals surface area (Å²) in [7, 11) is -1.20. The number of nitrogens with zero attached hydrogens (tertiary/aromatic N) is 1. The molecule has 0 saturated carbocycles. The van der Waals surface area contributed by atoms with E-state index in [0.29, 0.717) is 25.4 Å². The average Bonchev–Trinajstić information content (AvgIpc) is 2.59. The first-order valence-corrected chi connectivity index (χ1v) is 6.50. The van der Waals surface area contributed by atoms with Crippen molar-refractivity contribution in [3.05, 3.63) is 0 Å².